The van der Waals surface area contributed by atoms with E-state index in [1.165, 1.54) is 6.42 Å². The molecule has 1 saturated carbocycles. The fourth-order valence-electron chi connectivity index (χ4n) is 1.30. The van der Waals surface area contributed by atoms with Crippen LogP contribution in [0, 0.1) is 5.92 Å². The van der Waals surface area contributed by atoms with E-state index in [1.54, 1.807) is 7.05 Å². The van der Waals surface area contributed by atoms with Crippen LogP contribution < -0.4 is 10.6 Å². The zero-order valence-corrected chi connectivity index (χ0v) is 7.18. The molecule has 0 spiro atoms. The lowest BCUT2D eigenvalue weighted by Gasteiger charge is -2.34. The fraction of sp³-hybridized carbons (Fsp3) is 0.875. The van der Waals surface area contributed by atoms with Crippen molar-refractivity contribution >= 4 is 5.91 Å². The van der Waals surface area contributed by atoms with Crippen LogP contribution in [0.5, 0.6) is 0 Å². The quantitative estimate of drug-likeness (QED) is 0.609. The molecule has 1 rings (SSSR count). The second kappa shape index (κ2) is 3.72. The van der Waals surface area contributed by atoms with Crippen LogP contribution in [0.1, 0.15) is 19.8 Å². The Labute approximate surface area is 67.5 Å². The number of hydrogen-bond acceptors (Lipinski definition) is 2. The Hall–Kier alpha value is -0.570. The summed E-state index contributed by atoms with van der Waals surface area (Å²) in [7, 11) is 1.78. The zero-order chi connectivity index (χ0) is 8.27. The van der Waals surface area contributed by atoms with Crippen molar-refractivity contribution in [1.82, 2.24) is 10.6 Å². The molecule has 0 aromatic heterocycles. The van der Waals surface area contributed by atoms with E-state index in [1.807, 2.05) is 0 Å². The van der Waals surface area contributed by atoms with Crippen LogP contribution >= 0.6 is 0 Å². The molecule has 0 aliphatic heterocycles. The first-order valence-corrected chi connectivity index (χ1v) is 4.18. The summed E-state index contributed by atoms with van der Waals surface area (Å²) in [6.07, 6.45) is 2.40. The van der Waals surface area contributed by atoms with E-state index < -0.39 is 0 Å². The summed E-state index contributed by atoms with van der Waals surface area (Å²) in [5.41, 5.74) is 0. The summed E-state index contributed by atoms with van der Waals surface area (Å²) in [5, 5.41) is 5.79. The van der Waals surface area contributed by atoms with Gasteiger partial charge in [-0.1, -0.05) is 6.92 Å². The summed E-state index contributed by atoms with van der Waals surface area (Å²) < 4.78 is 0. The van der Waals surface area contributed by atoms with E-state index in [0.29, 0.717) is 18.5 Å². The molecule has 1 aliphatic carbocycles. The molecule has 64 valence electrons. The van der Waals surface area contributed by atoms with Crippen LogP contribution in [-0.2, 0) is 4.79 Å². The molecular weight excluding hydrogens is 140 g/mol. The Morgan fingerprint density at radius 3 is 2.64 bits per heavy atom. The van der Waals surface area contributed by atoms with Crippen LogP contribution in [0.25, 0.3) is 0 Å². The van der Waals surface area contributed by atoms with Gasteiger partial charge < -0.3 is 10.6 Å². The van der Waals surface area contributed by atoms with Crippen molar-refractivity contribution in [2.24, 2.45) is 5.92 Å². The molecule has 0 radical (unpaired) electrons. The average Bonchev–Trinajstić information content (AvgIpc) is 1.98. The van der Waals surface area contributed by atoms with Crippen molar-refractivity contribution in [3.63, 3.8) is 0 Å². The van der Waals surface area contributed by atoms with Gasteiger partial charge in [-0.2, -0.15) is 0 Å². The van der Waals surface area contributed by atoms with E-state index in [0.717, 1.165) is 6.42 Å². The van der Waals surface area contributed by atoms with Crippen molar-refractivity contribution in [2.75, 3.05) is 13.6 Å². The highest BCUT2D eigenvalue weighted by Gasteiger charge is 2.27. The standard InChI is InChI=1S/C8H16N2O/c1-6-3-4-7(6)10-8(11)5-9-2/h6-7,9H,3-5H2,1-2H3,(H,10,11). The van der Waals surface area contributed by atoms with Gasteiger partial charge in [-0.05, 0) is 25.8 Å². The minimum Gasteiger partial charge on any atom is -0.352 e. The molecule has 0 saturated heterocycles. The molecule has 0 aromatic carbocycles. The average molecular weight is 156 g/mol. The van der Waals surface area contributed by atoms with Crippen LogP contribution in [0.2, 0.25) is 0 Å². The number of likely N-dealkylation sites (N-methyl/N-ethyl adjacent to an activating group) is 1. The molecule has 2 atom stereocenters. The van der Waals surface area contributed by atoms with E-state index in [9.17, 15) is 4.79 Å². The van der Waals surface area contributed by atoms with Crippen molar-refractivity contribution in [1.29, 1.82) is 0 Å². The van der Waals surface area contributed by atoms with E-state index >= 15 is 0 Å². The zero-order valence-electron chi connectivity index (χ0n) is 7.18. The van der Waals surface area contributed by atoms with Gasteiger partial charge in [0.25, 0.3) is 0 Å². The smallest absolute Gasteiger partial charge is 0.234 e. The van der Waals surface area contributed by atoms with E-state index in [2.05, 4.69) is 17.6 Å². The second-order valence-corrected chi connectivity index (χ2v) is 3.26. The highest BCUT2D eigenvalue weighted by atomic mass is 16.1. The maximum Gasteiger partial charge on any atom is 0.234 e. The number of amides is 1. The summed E-state index contributed by atoms with van der Waals surface area (Å²) in [5.74, 6) is 0.792. The molecule has 1 fully saturated rings. The van der Waals surface area contributed by atoms with Gasteiger partial charge in [0.1, 0.15) is 0 Å². The van der Waals surface area contributed by atoms with Crippen LogP contribution in [0.15, 0.2) is 0 Å². The van der Waals surface area contributed by atoms with Gasteiger partial charge in [0.2, 0.25) is 5.91 Å². The third-order valence-corrected chi connectivity index (χ3v) is 2.30. The summed E-state index contributed by atoms with van der Waals surface area (Å²) in [6.45, 7) is 2.61. The minimum atomic E-state index is 0.115. The van der Waals surface area contributed by atoms with E-state index in [4.69, 9.17) is 0 Å². The van der Waals surface area contributed by atoms with Crippen LogP contribution in [0.4, 0.5) is 0 Å². The first-order chi connectivity index (χ1) is 5.24. The topological polar surface area (TPSA) is 41.1 Å². The largest absolute Gasteiger partial charge is 0.352 e. The first-order valence-electron chi connectivity index (χ1n) is 4.18. The third-order valence-electron chi connectivity index (χ3n) is 2.30. The van der Waals surface area contributed by atoms with Crippen LogP contribution in [0.3, 0.4) is 0 Å². The molecule has 11 heavy (non-hydrogen) atoms. The Morgan fingerprint density at radius 2 is 2.27 bits per heavy atom. The van der Waals surface area contributed by atoms with Crippen LogP contribution in [-0.4, -0.2) is 25.5 Å². The summed E-state index contributed by atoms with van der Waals surface area (Å²) in [4.78, 5) is 11.0. The van der Waals surface area contributed by atoms with Gasteiger partial charge in [0.15, 0.2) is 0 Å². The maximum absolute atomic E-state index is 11.0. The Bertz CT molecular complexity index is 147. The molecule has 1 aliphatic rings. The fourth-order valence-corrected chi connectivity index (χ4v) is 1.30. The number of carbonyl (C=O) groups excluding carboxylic acids is 1. The number of rotatable bonds is 3. The number of carbonyl (C=O) groups is 1. The van der Waals surface area contributed by atoms with Crippen molar-refractivity contribution < 1.29 is 4.79 Å². The maximum atomic E-state index is 11.0. The predicted molar refractivity (Wildman–Crippen MR) is 44.3 cm³/mol. The molecule has 3 nitrogen and oxygen atoms in total. The normalized spacial score (nSPS) is 29.3. The van der Waals surface area contributed by atoms with Gasteiger partial charge in [0.05, 0.1) is 6.54 Å². The highest BCUT2D eigenvalue weighted by Crippen LogP contribution is 2.25. The SMILES string of the molecule is CNCC(=O)NC1CCC1C. The summed E-state index contributed by atoms with van der Waals surface area (Å²) in [6, 6.07) is 0.441. The molecule has 0 bridgehead atoms. The molecular formula is C8H16N2O. The third kappa shape index (κ3) is 2.19. The lowest BCUT2D eigenvalue weighted by atomic mass is 9.81. The molecule has 0 aromatic rings. The van der Waals surface area contributed by atoms with Gasteiger partial charge >= 0.3 is 0 Å². The highest BCUT2D eigenvalue weighted by molar-refractivity contribution is 5.78. The van der Waals surface area contributed by atoms with Crippen molar-refractivity contribution in [3.05, 3.63) is 0 Å². The van der Waals surface area contributed by atoms with Gasteiger partial charge in [0, 0.05) is 6.04 Å². The summed E-state index contributed by atoms with van der Waals surface area (Å²) >= 11 is 0. The monoisotopic (exact) mass is 156 g/mol. The Morgan fingerprint density at radius 1 is 1.55 bits per heavy atom. The molecule has 2 unspecified atom stereocenters. The lowest BCUT2D eigenvalue weighted by molar-refractivity contribution is -0.121. The van der Waals surface area contributed by atoms with Crippen molar-refractivity contribution in [3.8, 4) is 0 Å². The Balaban J connectivity index is 2.14. The number of hydrogen-bond donors (Lipinski definition) is 2. The predicted octanol–water partition coefficient (Wildman–Crippen LogP) is 0.120. The lowest BCUT2D eigenvalue weighted by Crippen LogP contribution is -2.47. The van der Waals surface area contributed by atoms with Gasteiger partial charge in [-0.3, -0.25) is 4.79 Å². The molecule has 3 heteroatoms. The molecule has 1 amide bonds. The number of nitrogens with one attached hydrogen (secondary N) is 2. The van der Waals surface area contributed by atoms with Gasteiger partial charge in [-0.25, -0.2) is 0 Å². The van der Waals surface area contributed by atoms with E-state index in [-0.39, 0.29) is 5.91 Å². The molecule has 0 heterocycles. The second-order valence-electron chi connectivity index (χ2n) is 3.26. The van der Waals surface area contributed by atoms with Crippen molar-refractivity contribution in [2.45, 2.75) is 25.8 Å². The molecule has 2 N–H and O–H groups in total. The first kappa shape index (κ1) is 8.53. The Kier molecular flexibility index (Phi) is 2.88. The van der Waals surface area contributed by atoms with Gasteiger partial charge in [-0.15, -0.1) is 0 Å². The minimum absolute atomic E-state index is 0.115.